The number of pyridine rings is 1. The van der Waals surface area contributed by atoms with E-state index in [0.29, 0.717) is 25.3 Å². The second-order valence-electron chi connectivity index (χ2n) is 11.9. The highest BCUT2D eigenvalue weighted by Gasteiger charge is 2.40. The molecule has 42 heavy (non-hydrogen) atoms. The minimum Gasteiger partial charge on any atom is -0.496 e. The van der Waals surface area contributed by atoms with Crippen LogP contribution < -0.4 is 9.64 Å². The molecule has 3 heterocycles. The van der Waals surface area contributed by atoms with Crippen LogP contribution in [0.4, 0.5) is 10.6 Å². The lowest BCUT2D eigenvalue weighted by atomic mass is 9.78. The summed E-state index contributed by atoms with van der Waals surface area (Å²) < 4.78 is 11.7. The Balaban J connectivity index is 1.34. The number of nitrogens with zero attached hydrogens (tertiary/aromatic N) is 3. The first kappa shape index (κ1) is 28.1. The lowest BCUT2D eigenvalue weighted by Gasteiger charge is -2.33. The predicted octanol–water partition coefficient (Wildman–Crippen LogP) is 6.72. The van der Waals surface area contributed by atoms with Crippen molar-refractivity contribution in [2.75, 3.05) is 25.1 Å². The number of aliphatic carboxylic acids is 1. The van der Waals surface area contributed by atoms with Crippen molar-refractivity contribution in [1.29, 1.82) is 0 Å². The van der Waals surface area contributed by atoms with Gasteiger partial charge >= 0.3 is 12.1 Å². The number of methoxy groups -OCH3 is 1. The van der Waals surface area contributed by atoms with Crippen LogP contribution in [-0.2, 0) is 16.1 Å². The van der Waals surface area contributed by atoms with Crippen LogP contribution in [0.25, 0.3) is 11.1 Å². The first-order valence-electron chi connectivity index (χ1n) is 15.0. The summed E-state index contributed by atoms with van der Waals surface area (Å²) in [7, 11) is 1.67. The van der Waals surface area contributed by atoms with Gasteiger partial charge < -0.3 is 19.5 Å². The van der Waals surface area contributed by atoms with E-state index in [9.17, 15) is 14.7 Å². The van der Waals surface area contributed by atoms with E-state index in [2.05, 4.69) is 35.2 Å². The molecular weight excluding hydrogens is 530 g/mol. The van der Waals surface area contributed by atoms with Crippen LogP contribution in [-0.4, -0.2) is 53.3 Å². The Bertz CT molecular complexity index is 1480. The fourth-order valence-corrected chi connectivity index (χ4v) is 6.61. The van der Waals surface area contributed by atoms with E-state index in [0.717, 1.165) is 71.9 Å². The number of rotatable bonds is 8. The standard InChI is InChI=1S/C34H39N3O5/c1-21-6-4-7-26(18-21)32-22(2)37(34(40)42-32)20-29-27(13-15-31(35-29)36-16-5-17-36)28-19-25(12-14-30(28)41-3)23-8-10-24(11-9-23)33(38)39/h4,6-7,12-15,18-19,22-24,32H,5,8-11,16-17,20H2,1-3H3,(H,38,39)/t22-,23-,24-,32-/m0/s1. The van der Waals surface area contributed by atoms with Crippen molar-refractivity contribution in [1.82, 2.24) is 9.88 Å². The van der Waals surface area contributed by atoms with E-state index in [4.69, 9.17) is 14.5 Å². The molecule has 1 aliphatic carbocycles. The predicted molar refractivity (Wildman–Crippen MR) is 161 cm³/mol. The number of benzene rings is 2. The lowest BCUT2D eigenvalue weighted by Crippen LogP contribution is -2.38. The van der Waals surface area contributed by atoms with Gasteiger partial charge in [-0.3, -0.25) is 9.69 Å². The smallest absolute Gasteiger partial charge is 0.411 e. The van der Waals surface area contributed by atoms with Crippen molar-refractivity contribution in [2.24, 2.45) is 5.92 Å². The molecule has 1 N–H and O–H groups in total. The zero-order chi connectivity index (χ0) is 29.4. The number of carboxylic acid groups (broad SMARTS) is 1. The van der Waals surface area contributed by atoms with E-state index < -0.39 is 5.97 Å². The van der Waals surface area contributed by atoms with Crippen LogP contribution in [0, 0.1) is 12.8 Å². The van der Waals surface area contributed by atoms with Crippen LogP contribution in [0.15, 0.2) is 54.6 Å². The highest BCUT2D eigenvalue weighted by molar-refractivity contribution is 5.76. The molecule has 1 saturated carbocycles. The summed E-state index contributed by atoms with van der Waals surface area (Å²) in [4.78, 5) is 33.9. The largest absolute Gasteiger partial charge is 0.496 e. The molecule has 0 spiro atoms. The maximum absolute atomic E-state index is 13.2. The molecule has 6 rings (SSSR count). The number of anilines is 1. The van der Waals surface area contributed by atoms with Crippen molar-refractivity contribution < 1.29 is 24.2 Å². The minimum absolute atomic E-state index is 0.167. The first-order valence-corrected chi connectivity index (χ1v) is 15.0. The molecule has 3 fully saturated rings. The van der Waals surface area contributed by atoms with Gasteiger partial charge in [0.2, 0.25) is 0 Å². The van der Waals surface area contributed by atoms with Crippen LogP contribution in [0.1, 0.15) is 73.4 Å². The summed E-state index contributed by atoms with van der Waals surface area (Å²) >= 11 is 0. The molecule has 8 nitrogen and oxygen atoms in total. The van der Waals surface area contributed by atoms with Gasteiger partial charge in [-0.15, -0.1) is 0 Å². The second-order valence-corrected chi connectivity index (χ2v) is 11.9. The van der Waals surface area contributed by atoms with Crippen molar-refractivity contribution in [3.8, 4) is 16.9 Å². The normalized spacial score (nSPS) is 23.8. The topological polar surface area (TPSA) is 92.2 Å². The molecular formula is C34H39N3O5. The third-order valence-electron chi connectivity index (χ3n) is 9.28. The second kappa shape index (κ2) is 11.7. The fourth-order valence-electron chi connectivity index (χ4n) is 6.61. The maximum Gasteiger partial charge on any atom is 0.411 e. The number of carbonyl (C=O) groups excluding carboxylic acids is 1. The van der Waals surface area contributed by atoms with Crippen LogP contribution in [0.3, 0.4) is 0 Å². The molecule has 220 valence electrons. The number of carbonyl (C=O) groups is 2. The van der Waals surface area contributed by atoms with Gasteiger partial charge in [0.15, 0.2) is 0 Å². The number of carboxylic acids is 1. The lowest BCUT2D eigenvalue weighted by molar-refractivity contribution is -0.142. The van der Waals surface area contributed by atoms with Gasteiger partial charge in [0.25, 0.3) is 0 Å². The van der Waals surface area contributed by atoms with Gasteiger partial charge in [-0.25, -0.2) is 9.78 Å². The van der Waals surface area contributed by atoms with Gasteiger partial charge in [0.1, 0.15) is 17.7 Å². The Morgan fingerprint density at radius 3 is 2.48 bits per heavy atom. The summed E-state index contributed by atoms with van der Waals surface area (Å²) in [6, 6.07) is 18.4. The molecule has 0 radical (unpaired) electrons. The van der Waals surface area contributed by atoms with Crippen molar-refractivity contribution >= 4 is 17.9 Å². The Labute approximate surface area is 247 Å². The Kier molecular flexibility index (Phi) is 7.80. The minimum atomic E-state index is -0.693. The summed E-state index contributed by atoms with van der Waals surface area (Å²) in [6.45, 7) is 6.34. The third-order valence-corrected chi connectivity index (χ3v) is 9.28. The highest BCUT2D eigenvalue weighted by atomic mass is 16.6. The Morgan fingerprint density at radius 1 is 1.02 bits per heavy atom. The number of cyclic esters (lactones) is 1. The summed E-state index contributed by atoms with van der Waals surface area (Å²) in [5.74, 6) is 1.01. The molecule has 0 unspecified atom stereocenters. The van der Waals surface area contributed by atoms with E-state index in [-0.39, 0.29) is 24.2 Å². The highest BCUT2D eigenvalue weighted by Crippen LogP contribution is 2.42. The molecule has 3 aromatic rings. The maximum atomic E-state index is 13.2. The summed E-state index contributed by atoms with van der Waals surface area (Å²) in [6.07, 6.45) is 3.53. The fraction of sp³-hybridized carbons (Fsp3) is 0.441. The number of aryl methyl sites for hydroxylation is 1. The van der Waals surface area contributed by atoms with E-state index in [1.54, 1.807) is 12.0 Å². The van der Waals surface area contributed by atoms with Gasteiger partial charge in [-0.1, -0.05) is 35.9 Å². The van der Waals surface area contributed by atoms with Gasteiger partial charge in [0, 0.05) is 24.2 Å². The molecule has 2 aliphatic heterocycles. The van der Waals surface area contributed by atoms with E-state index >= 15 is 0 Å². The van der Waals surface area contributed by atoms with Gasteiger partial charge in [-0.2, -0.15) is 0 Å². The average molecular weight is 570 g/mol. The average Bonchev–Trinajstić information content (AvgIpc) is 3.24. The Morgan fingerprint density at radius 2 is 1.81 bits per heavy atom. The van der Waals surface area contributed by atoms with Gasteiger partial charge in [-0.05, 0) is 87.3 Å². The zero-order valence-corrected chi connectivity index (χ0v) is 24.6. The molecule has 0 bridgehead atoms. The van der Waals surface area contributed by atoms with Crippen LogP contribution in [0.5, 0.6) is 5.75 Å². The number of aromatic nitrogens is 1. The first-order chi connectivity index (χ1) is 20.3. The van der Waals surface area contributed by atoms with Crippen LogP contribution >= 0.6 is 0 Å². The molecule has 3 aliphatic rings. The van der Waals surface area contributed by atoms with E-state index in [1.165, 1.54) is 5.56 Å². The number of hydrogen-bond acceptors (Lipinski definition) is 6. The zero-order valence-electron chi connectivity index (χ0n) is 24.6. The SMILES string of the molecule is COc1ccc([C@H]2CC[C@H](C(=O)O)CC2)cc1-c1ccc(N2CCC2)nc1CN1C(=O)O[C@H](c2cccc(C)c2)[C@@H]1C. The monoisotopic (exact) mass is 569 g/mol. The number of ether oxygens (including phenoxy) is 2. The van der Waals surface area contributed by atoms with E-state index in [1.807, 2.05) is 38.1 Å². The number of amides is 1. The molecule has 1 aromatic heterocycles. The molecule has 8 heteroatoms. The number of hydrogen-bond donors (Lipinski definition) is 1. The quantitative estimate of drug-likeness (QED) is 0.322. The van der Waals surface area contributed by atoms with Crippen molar-refractivity contribution in [2.45, 2.75) is 70.6 Å². The molecule has 2 atom stereocenters. The van der Waals surface area contributed by atoms with Crippen LogP contribution in [0.2, 0.25) is 0 Å². The summed E-state index contributed by atoms with van der Waals surface area (Å²) in [5, 5.41) is 9.45. The van der Waals surface area contributed by atoms with Gasteiger partial charge in [0.05, 0.1) is 31.3 Å². The van der Waals surface area contributed by atoms with Crippen molar-refractivity contribution in [3.63, 3.8) is 0 Å². The molecule has 2 saturated heterocycles. The summed E-state index contributed by atoms with van der Waals surface area (Å²) in [5.41, 5.74) is 5.97. The van der Waals surface area contributed by atoms with Crippen molar-refractivity contribution in [3.05, 3.63) is 77.0 Å². The Hall–Kier alpha value is -4.07. The third kappa shape index (κ3) is 5.42. The molecule has 2 aromatic carbocycles. The molecule has 1 amide bonds.